The van der Waals surface area contributed by atoms with Gasteiger partial charge in [-0.05, 0) is 42.0 Å². The van der Waals surface area contributed by atoms with Crippen LogP contribution in [-0.2, 0) is 12.6 Å². The van der Waals surface area contributed by atoms with E-state index in [1.807, 2.05) is 12.1 Å². The SMILES string of the molecule is CC(C)(C)CCc1ccccc1NC(=O)c1ccccc1C(F)(F)F. The molecular formula is C20H22F3NO. The van der Waals surface area contributed by atoms with E-state index < -0.39 is 17.6 Å². The van der Waals surface area contributed by atoms with Crippen molar-refractivity contribution in [3.05, 3.63) is 65.2 Å². The van der Waals surface area contributed by atoms with E-state index >= 15 is 0 Å². The second-order valence-electron chi connectivity index (χ2n) is 7.22. The van der Waals surface area contributed by atoms with Crippen LogP contribution in [0.5, 0.6) is 0 Å². The van der Waals surface area contributed by atoms with Crippen LogP contribution >= 0.6 is 0 Å². The van der Waals surface area contributed by atoms with E-state index in [0.29, 0.717) is 5.69 Å². The van der Waals surface area contributed by atoms with Gasteiger partial charge in [-0.3, -0.25) is 4.79 Å². The quantitative estimate of drug-likeness (QED) is 0.727. The smallest absolute Gasteiger partial charge is 0.322 e. The first-order chi connectivity index (χ1) is 11.6. The van der Waals surface area contributed by atoms with Crippen molar-refractivity contribution in [2.24, 2.45) is 5.41 Å². The fourth-order valence-electron chi connectivity index (χ4n) is 2.49. The van der Waals surface area contributed by atoms with Gasteiger partial charge in [0.05, 0.1) is 11.1 Å². The zero-order chi connectivity index (χ0) is 18.7. The minimum Gasteiger partial charge on any atom is -0.322 e. The molecule has 0 bridgehead atoms. The first-order valence-corrected chi connectivity index (χ1v) is 8.13. The molecule has 5 heteroatoms. The molecule has 0 unspecified atom stereocenters. The Bertz CT molecular complexity index is 745. The summed E-state index contributed by atoms with van der Waals surface area (Å²) in [4.78, 5) is 12.4. The van der Waals surface area contributed by atoms with Gasteiger partial charge in [0.1, 0.15) is 0 Å². The molecule has 1 amide bonds. The highest BCUT2D eigenvalue weighted by atomic mass is 19.4. The maximum atomic E-state index is 13.1. The molecule has 0 aliphatic carbocycles. The van der Waals surface area contributed by atoms with E-state index in [-0.39, 0.29) is 11.0 Å². The van der Waals surface area contributed by atoms with Crippen molar-refractivity contribution in [2.45, 2.75) is 39.8 Å². The van der Waals surface area contributed by atoms with Crippen molar-refractivity contribution in [3.8, 4) is 0 Å². The lowest BCUT2D eigenvalue weighted by atomic mass is 9.88. The number of alkyl halides is 3. The third kappa shape index (κ3) is 5.34. The molecule has 0 spiro atoms. The number of aryl methyl sites for hydroxylation is 1. The monoisotopic (exact) mass is 349 g/mol. The van der Waals surface area contributed by atoms with Crippen molar-refractivity contribution in [3.63, 3.8) is 0 Å². The standard InChI is InChI=1S/C20H22F3NO/c1-19(2,3)13-12-14-8-4-7-11-17(14)24-18(25)15-9-5-6-10-16(15)20(21,22)23/h4-11H,12-13H2,1-3H3,(H,24,25). The lowest BCUT2D eigenvalue weighted by Gasteiger charge is -2.19. The number of rotatable bonds is 4. The van der Waals surface area contributed by atoms with Gasteiger partial charge in [0.25, 0.3) is 5.91 Å². The zero-order valence-electron chi connectivity index (χ0n) is 14.6. The van der Waals surface area contributed by atoms with Crippen LogP contribution in [0.25, 0.3) is 0 Å². The molecule has 134 valence electrons. The molecule has 2 aromatic rings. The number of halogens is 3. The van der Waals surface area contributed by atoms with Crippen LogP contribution in [0.3, 0.4) is 0 Å². The summed E-state index contributed by atoms with van der Waals surface area (Å²) in [6.07, 6.45) is -2.93. The Morgan fingerprint density at radius 3 is 2.20 bits per heavy atom. The molecule has 0 saturated carbocycles. The van der Waals surface area contributed by atoms with Crippen LogP contribution in [0.15, 0.2) is 48.5 Å². The summed E-state index contributed by atoms with van der Waals surface area (Å²) in [6, 6.07) is 12.0. The van der Waals surface area contributed by atoms with Gasteiger partial charge in [0.2, 0.25) is 0 Å². The average Bonchev–Trinajstić information content (AvgIpc) is 2.52. The molecule has 2 nitrogen and oxygen atoms in total. The number of anilines is 1. The summed E-state index contributed by atoms with van der Waals surface area (Å²) >= 11 is 0. The lowest BCUT2D eigenvalue weighted by Crippen LogP contribution is -2.19. The molecule has 0 heterocycles. The van der Waals surface area contributed by atoms with E-state index in [1.54, 1.807) is 12.1 Å². The van der Waals surface area contributed by atoms with Gasteiger partial charge in [0.15, 0.2) is 0 Å². The van der Waals surface area contributed by atoms with Crippen LogP contribution in [0, 0.1) is 5.41 Å². The number of amides is 1. The van der Waals surface area contributed by atoms with Gasteiger partial charge < -0.3 is 5.32 Å². The van der Waals surface area contributed by atoms with Crippen LogP contribution in [0.2, 0.25) is 0 Å². The Kier molecular flexibility index (Phi) is 5.55. The van der Waals surface area contributed by atoms with Crippen molar-refractivity contribution >= 4 is 11.6 Å². The second kappa shape index (κ2) is 7.30. The Balaban J connectivity index is 2.25. The normalized spacial score (nSPS) is 12.1. The van der Waals surface area contributed by atoms with Gasteiger partial charge in [-0.1, -0.05) is 51.1 Å². The minimum atomic E-state index is -4.57. The molecule has 25 heavy (non-hydrogen) atoms. The van der Waals surface area contributed by atoms with Gasteiger partial charge in [-0.2, -0.15) is 13.2 Å². The van der Waals surface area contributed by atoms with Crippen molar-refractivity contribution in [2.75, 3.05) is 5.32 Å². The van der Waals surface area contributed by atoms with Crippen LogP contribution in [-0.4, -0.2) is 5.91 Å². The summed E-state index contributed by atoms with van der Waals surface area (Å²) in [5.41, 5.74) is 0.282. The zero-order valence-corrected chi connectivity index (χ0v) is 14.6. The fourth-order valence-corrected chi connectivity index (χ4v) is 2.49. The molecular weight excluding hydrogens is 327 g/mol. The van der Waals surface area contributed by atoms with Crippen molar-refractivity contribution < 1.29 is 18.0 Å². The third-order valence-electron chi connectivity index (χ3n) is 3.89. The van der Waals surface area contributed by atoms with Crippen molar-refractivity contribution in [1.82, 2.24) is 0 Å². The topological polar surface area (TPSA) is 29.1 Å². The highest BCUT2D eigenvalue weighted by Crippen LogP contribution is 2.32. The number of hydrogen-bond acceptors (Lipinski definition) is 1. The van der Waals surface area contributed by atoms with Gasteiger partial charge in [0, 0.05) is 5.69 Å². The molecule has 0 radical (unpaired) electrons. The minimum absolute atomic E-state index is 0.125. The number of hydrogen-bond donors (Lipinski definition) is 1. The number of nitrogens with one attached hydrogen (secondary N) is 1. The lowest BCUT2D eigenvalue weighted by molar-refractivity contribution is -0.137. The van der Waals surface area contributed by atoms with E-state index in [2.05, 4.69) is 26.1 Å². The number of benzene rings is 2. The largest absolute Gasteiger partial charge is 0.417 e. The molecule has 0 fully saturated rings. The van der Waals surface area contributed by atoms with Crippen LogP contribution < -0.4 is 5.32 Å². The summed E-state index contributed by atoms with van der Waals surface area (Å²) < 4.78 is 39.3. The van der Waals surface area contributed by atoms with Crippen LogP contribution in [0.4, 0.5) is 18.9 Å². The Hall–Kier alpha value is -2.30. The molecule has 0 aliphatic heterocycles. The number of carbonyl (C=O) groups is 1. The van der Waals surface area contributed by atoms with E-state index in [1.165, 1.54) is 18.2 Å². The van der Waals surface area contributed by atoms with Gasteiger partial charge in [-0.15, -0.1) is 0 Å². The Morgan fingerprint density at radius 2 is 1.56 bits per heavy atom. The highest BCUT2D eigenvalue weighted by Gasteiger charge is 2.34. The second-order valence-corrected chi connectivity index (χ2v) is 7.22. The predicted molar refractivity (Wildman–Crippen MR) is 93.6 cm³/mol. The van der Waals surface area contributed by atoms with Gasteiger partial charge in [-0.25, -0.2) is 0 Å². The first kappa shape index (κ1) is 19.0. The fraction of sp³-hybridized carbons (Fsp3) is 0.350. The number of para-hydroxylation sites is 1. The summed E-state index contributed by atoms with van der Waals surface area (Å²) in [6.45, 7) is 6.36. The summed E-state index contributed by atoms with van der Waals surface area (Å²) in [7, 11) is 0. The van der Waals surface area contributed by atoms with E-state index in [0.717, 1.165) is 24.5 Å². The molecule has 2 rings (SSSR count). The summed E-state index contributed by atoms with van der Waals surface area (Å²) in [5.74, 6) is -0.754. The first-order valence-electron chi connectivity index (χ1n) is 8.13. The van der Waals surface area contributed by atoms with E-state index in [4.69, 9.17) is 0 Å². The number of carbonyl (C=O) groups excluding carboxylic acids is 1. The predicted octanol–water partition coefficient (Wildman–Crippen LogP) is 5.94. The maximum Gasteiger partial charge on any atom is 0.417 e. The Labute approximate surface area is 146 Å². The highest BCUT2D eigenvalue weighted by molar-refractivity contribution is 6.05. The van der Waals surface area contributed by atoms with E-state index in [9.17, 15) is 18.0 Å². The van der Waals surface area contributed by atoms with Gasteiger partial charge >= 0.3 is 6.18 Å². The molecule has 2 aromatic carbocycles. The van der Waals surface area contributed by atoms with Crippen molar-refractivity contribution in [1.29, 1.82) is 0 Å². The molecule has 1 N–H and O–H groups in total. The van der Waals surface area contributed by atoms with Crippen LogP contribution in [0.1, 0.15) is 48.7 Å². The maximum absolute atomic E-state index is 13.1. The third-order valence-corrected chi connectivity index (χ3v) is 3.89. The Morgan fingerprint density at radius 1 is 0.960 bits per heavy atom. The average molecular weight is 349 g/mol. The molecule has 0 atom stereocenters. The summed E-state index contributed by atoms with van der Waals surface area (Å²) in [5, 5.41) is 2.64. The molecule has 0 aliphatic rings. The molecule has 0 saturated heterocycles. The molecule has 0 aromatic heterocycles.